The standard InChI is InChI=1S/C17H26N2O/c1-2-3-14-15(20-19-16(14)18)10-17-7-11-4-12(8-17)6-13(5-11)9-17/h11-13H,2-10H2,1H3,(H2,18,19). The van der Waals surface area contributed by atoms with Crippen molar-refractivity contribution in [3.8, 4) is 0 Å². The van der Waals surface area contributed by atoms with Gasteiger partial charge >= 0.3 is 0 Å². The fourth-order valence-electron chi connectivity index (χ4n) is 5.86. The Labute approximate surface area is 121 Å². The molecule has 0 atom stereocenters. The second kappa shape index (κ2) is 4.51. The first-order chi connectivity index (χ1) is 9.67. The summed E-state index contributed by atoms with van der Waals surface area (Å²) >= 11 is 0. The third kappa shape index (κ3) is 1.97. The van der Waals surface area contributed by atoms with Crippen LogP contribution in [0.2, 0.25) is 0 Å². The Hall–Kier alpha value is -0.990. The van der Waals surface area contributed by atoms with Gasteiger partial charge < -0.3 is 10.3 Å². The van der Waals surface area contributed by atoms with E-state index in [2.05, 4.69) is 12.1 Å². The lowest BCUT2D eigenvalue weighted by molar-refractivity contribution is -0.0551. The van der Waals surface area contributed by atoms with Gasteiger partial charge in [0.05, 0.1) is 0 Å². The number of aromatic nitrogens is 1. The van der Waals surface area contributed by atoms with Crippen molar-refractivity contribution in [3.63, 3.8) is 0 Å². The van der Waals surface area contributed by atoms with E-state index in [-0.39, 0.29) is 0 Å². The highest BCUT2D eigenvalue weighted by molar-refractivity contribution is 5.41. The molecular weight excluding hydrogens is 248 g/mol. The number of anilines is 1. The van der Waals surface area contributed by atoms with Crippen molar-refractivity contribution in [1.82, 2.24) is 5.16 Å². The Morgan fingerprint density at radius 3 is 2.30 bits per heavy atom. The molecule has 0 aliphatic heterocycles. The molecule has 20 heavy (non-hydrogen) atoms. The van der Waals surface area contributed by atoms with Gasteiger partial charge in [0.15, 0.2) is 5.82 Å². The lowest BCUT2D eigenvalue weighted by Crippen LogP contribution is -2.47. The summed E-state index contributed by atoms with van der Waals surface area (Å²) in [4.78, 5) is 0. The van der Waals surface area contributed by atoms with Gasteiger partial charge in [-0.05, 0) is 68.1 Å². The largest absolute Gasteiger partial charge is 0.381 e. The highest BCUT2D eigenvalue weighted by Crippen LogP contribution is 2.61. The molecule has 4 aliphatic rings. The number of hydrogen-bond acceptors (Lipinski definition) is 3. The van der Waals surface area contributed by atoms with Crippen LogP contribution >= 0.6 is 0 Å². The molecule has 4 bridgehead atoms. The van der Waals surface area contributed by atoms with Gasteiger partial charge in [-0.2, -0.15) is 0 Å². The van der Waals surface area contributed by atoms with Crippen molar-refractivity contribution >= 4 is 5.82 Å². The van der Waals surface area contributed by atoms with E-state index in [4.69, 9.17) is 10.3 Å². The van der Waals surface area contributed by atoms with Crippen LogP contribution in [0.5, 0.6) is 0 Å². The number of nitrogens with two attached hydrogens (primary N) is 1. The zero-order valence-corrected chi connectivity index (χ0v) is 12.5. The molecule has 0 saturated heterocycles. The van der Waals surface area contributed by atoms with E-state index in [0.717, 1.165) is 42.8 Å². The predicted molar refractivity (Wildman–Crippen MR) is 79.2 cm³/mol. The van der Waals surface area contributed by atoms with Crippen LogP contribution in [0.15, 0.2) is 4.52 Å². The normalized spacial score (nSPS) is 38.5. The van der Waals surface area contributed by atoms with E-state index in [1.807, 2.05) is 0 Å². The molecule has 1 aromatic heterocycles. The molecule has 2 N–H and O–H groups in total. The van der Waals surface area contributed by atoms with Crippen LogP contribution in [0.25, 0.3) is 0 Å². The average molecular weight is 274 g/mol. The topological polar surface area (TPSA) is 52.0 Å². The van der Waals surface area contributed by atoms with Crippen molar-refractivity contribution in [2.24, 2.45) is 23.2 Å². The maximum atomic E-state index is 5.99. The summed E-state index contributed by atoms with van der Waals surface area (Å²) < 4.78 is 5.61. The van der Waals surface area contributed by atoms with E-state index in [0.29, 0.717) is 11.2 Å². The monoisotopic (exact) mass is 274 g/mol. The van der Waals surface area contributed by atoms with Gasteiger partial charge in [-0.15, -0.1) is 0 Å². The molecule has 3 heteroatoms. The van der Waals surface area contributed by atoms with Crippen LogP contribution in [-0.2, 0) is 12.8 Å². The summed E-state index contributed by atoms with van der Waals surface area (Å²) in [5.41, 5.74) is 7.70. The van der Waals surface area contributed by atoms with E-state index < -0.39 is 0 Å². The fraction of sp³-hybridized carbons (Fsp3) is 0.824. The molecule has 4 aliphatic carbocycles. The van der Waals surface area contributed by atoms with E-state index in [9.17, 15) is 0 Å². The molecule has 110 valence electrons. The summed E-state index contributed by atoms with van der Waals surface area (Å²) in [5, 5.41) is 4.04. The van der Waals surface area contributed by atoms with Crippen LogP contribution < -0.4 is 5.73 Å². The zero-order chi connectivity index (χ0) is 13.7. The molecule has 5 rings (SSSR count). The summed E-state index contributed by atoms with van der Waals surface area (Å²) in [6, 6.07) is 0. The number of hydrogen-bond donors (Lipinski definition) is 1. The van der Waals surface area contributed by atoms with Gasteiger partial charge in [0.2, 0.25) is 0 Å². The first kappa shape index (κ1) is 12.7. The van der Waals surface area contributed by atoms with E-state index in [1.54, 1.807) is 0 Å². The number of rotatable bonds is 4. The number of nitrogens with zero attached hydrogens (tertiary/aromatic N) is 1. The lowest BCUT2D eigenvalue weighted by Gasteiger charge is -2.56. The summed E-state index contributed by atoms with van der Waals surface area (Å²) in [7, 11) is 0. The maximum absolute atomic E-state index is 5.99. The highest BCUT2D eigenvalue weighted by atomic mass is 16.5. The predicted octanol–water partition coefficient (Wildman–Crippen LogP) is 3.97. The smallest absolute Gasteiger partial charge is 0.170 e. The van der Waals surface area contributed by atoms with Gasteiger partial charge in [-0.25, -0.2) is 0 Å². The molecule has 0 unspecified atom stereocenters. The SMILES string of the molecule is CCCc1c(N)noc1CC12CC3CC(CC(C3)C1)C2. The Morgan fingerprint density at radius 2 is 1.75 bits per heavy atom. The van der Waals surface area contributed by atoms with E-state index in [1.165, 1.54) is 44.1 Å². The van der Waals surface area contributed by atoms with Crippen molar-refractivity contribution in [2.45, 2.75) is 64.7 Å². The Kier molecular flexibility index (Phi) is 2.87. The van der Waals surface area contributed by atoms with Crippen LogP contribution in [0.3, 0.4) is 0 Å². The van der Waals surface area contributed by atoms with E-state index >= 15 is 0 Å². The zero-order valence-electron chi connectivity index (χ0n) is 12.5. The first-order valence-corrected chi connectivity index (χ1v) is 8.40. The summed E-state index contributed by atoms with van der Waals surface area (Å²) in [5.74, 6) is 4.72. The summed E-state index contributed by atoms with van der Waals surface area (Å²) in [6.45, 7) is 2.20. The molecular formula is C17H26N2O. The fourth-order valence-corrected chi connectivity index (χ4v) is 5.86. The van der Waals surface area contributed by atoms with Crippen molar-refractivity contribution in [3.05, 3.63) is 11.3 Å². The van der Waals surface area contributed by atoms with Crippen molar-refractivity contribution < 1.29 is 4.52 Å². The molecule has 0 aromatic carbocycles. The average Bonchev–Trinajstić information content (AvgIpc) is 2.70. The Bertz CT molecular complexity index is 470. The second-order valence-corrected chi connectivity index (χ2v) is 7.81. The molecule has 0 radical (unpaired) electrons. The molecule has 1 heterocycles. The molecule has 3 nitrogen and oxygen atoms in total. The van der Waals surface area contributed by atoms with Gasteiger partial charge in [0.1, 0.15) is 5.76 Å². The number of nitrogen functional groups attached to an aromatic ring is 1. The minimum absolute atomic E-state index is 0.517. The lowest BCUT2D eigenvalue weighted by atomic mass is 9.48. The Balaban J connectivity index is 1.59. The Morgan fingerprint density at radius 1 is 1.15 bits per heavy atom. The molecule has 4 fully saturated rings. The van der Waals surface area contributed by atoms with Gasteiger partial charge in [-0.3, -0.25) is 0 Å². The molecule has 4 saturated carbocycles. The maximum Gasteiger partial charge on any atom is 0.170 e. The van der Waals surface area contributed by atoms with Gasteiger partial charge in [-0.1, -0.05) is 18.5 Å². The van der Waals surface area contributed by atoms with Crippen LogP contribution in [-0.4, -0.2) is 5.16 Å². The van der Waals surface area contributed by atoms with Crippen molar-refractivity contribution in [1.29, 1.82) is 0 Å². The quantitative estimate of drug-likeness (QED) is 0.904. The minimum atomic E-state index is 0.517. The highest BCUT2D eigenvalue weighted by Gasteiger charge is 2.51. The molecule has 0 spiro atoms. The third-order valence-electron chi connectivity index (χ3n) is 6.10. The first-order valence-electron chi connectivity index (χ1n) is 8.40. The van der Waals surface area contributed by atoms with Crippen LogP contribution in [0, 0.1) is 23.2 Å². The minimum Gasteiger partial charge on any atom is -0.381 e. The van der Waals surface area contributed by atoms with Gasteiger partial charge in [0, 0.05) is 12.0 Å². The second-order valence-electron chi connectivity index (χ2n) is 7.81. The third-order valence-corrected chi connectivity index (χ3v) is 6.10. The summed E-state index contributed by atoms with van der Waals surface area (Å²) in [6.07, 6.45) is 12.0. The van der Waals surface area contributed by atoms with Crippen molar-refractivity contribution in [2.75, 3.05) is 5.73 Å². The molecule has 1 aromatic rings. The van der Waals surface area contributed by atoms with Crippen LogP contribution in [0.4, 0.5) is 5.82 Å². The van der Waals surface area contributed by atoms with Crippen LogP contribution in [0.1, 0.15) is 63.2 Å². The molecule has 0 amide bonds. The van der Waals surface area contributed by atoms with Gasteiger partial charge in [0.25, 0.3) is 0 Å².